The van der Waals surface area contributed by atoms with Gasteiger partial charge in [-0.25, -0.2) is 0 Å². The fourth-order valence-electron chi connectivity index (χ4n) is 2.87. The van der Waals surface area contributed by atoms with Gasteiger partial charge in [0.25, 0.3) is 0 Å². The molecule has 2 unspecified atom stereocenters. The Hall–Kier alpha value is -0.430. The largest absolute Gasteiger partial charge is 0.385 e. The maximum Gasteiger partial charge on any atom is 0.113 e. The topological polar surface area (TPSA) is 44.5 Å². The summed E-state index contributed by atoms with van der Waals surface area (Å²) in [6, 6.07) is 0.327. The van der Waals surface area contributed by atoms with Crippen molar-refractivity contribution in [3.63, 3.8) is 0 Å². The third-order valence-corrected chi connectivity index (χ3v) is 4.65. The van der Waals surface area contributed by atoms with Gasteiger partial charge in [-0.05, 0) is 63.4 Å². The Bertz CT molecular complexity index is 448. The number of halogens is 1. The Kier molecular flexibility index (Phi) is 5.23. The first-order valence-electron chi connectivity index (χ1n) is 7.21. The molecule has 1 N–H and O–H groups in total. The first-order chi connectivity index (χ1) is 9.41. The molecule has 2 rings (SSSR count). The van der Waals surface area contributed by atoms with Crippen LogP contribution in [0.5, 0.6) is 0 Å². The zero-order chi connectivity index (χ0) is 14.9. The molecule has 0 aromatic carbocycles. The molecule has 0 spiro atoms. The lowest BCUT2D eigenvalue weighted by molar-refractivity contribution is 0.0496. The summed E-state index contributed by atoms with van der Waals surface area (Å²) in [6.45, 7) is 7.13. The zero-order valence-corrected chi connectivity index (χ0v) is 14.3. The van der Waals surface area contributed by atoms with Crippen LogP contribution in [-0.4, -0.2) is 64.5 Å². The lowest BCUT2D eigenvalue weighted by Crippen LogP contribution is -2.43. The minimum absolute atomic E-state index is 0.0907. The highest BCUT2D eigenvalue weighted by Gasteiger charge is 2.32. The molecular weight excluding hydrogens is 320 g/mol. The summed E-state index contributed by atoms with van der Waals surface area (Å²) in [5.41, 5.74) is 0.882. The average Bonchev–Trinajstić information content (AvgIpc) is 2.68. The van der Waals surface area contributed by atoms with Crippen LogP contribution in [0.25, 0.3) is 0 Å². The monoisotopic (exact) mass is 344 g/mol. The number of hydrogen-bond acceptors (Lipinski definition) is 4. The van der Waals surface area contributed by atoms with Gasteiger partial charge in [-0.3, -0.25) is 9.58 Å². The molecule has 1 aromatic rings. The Morgan fingerprint density at radius 3 is 2.70 bits per heavy atom. The molecule has 0 bridgehead atoms. The molecule has 1 fully saturated rings. The third-order valence-electron chi connectivity index (χ3n) is 4.04. The average molecular weight is 345 g/mol. The number of hydrogen-bond donors (Lipinski definition) is 1. The van der Waals surface area contributed by atoms with Crippen LogP contribution in [0.2, 0.25) is 0 Å². The number of aliphatic hydroxyl groups is 1. The van der Waals surface area contributed by atoms with Crippen molar-refractivity contribution in [2.45, 2.75) is 38.5 Å². The molecule has 0 aliphatic carbocycles. The van der Waals surface area contributed by atoms with E-state index < -0.39 is 6.10 Å². The van der Waals surface area contributed by atoms with Crippen molar-refractivity contribution in [1.29, 1.82) is 0 Å². The summed E-state index contributed by atoms with van der Waals surface area (Å²) < 4.78 is 2.80. The van der Waals surface area contributed by atoms with E-state index in [-0.39, 0.29) is 12.1 Å². The number of rotatable bonds is 3. The Morgan fingerprint density at radius 1 is 1.35 bits per heavy atom. The summed E-state index contributed by atoms with van der Waals surface area (Å²) in [6.07, 6.45) is 2.37. The molecule has 1 aliphatic heterocycles. The Labute approximate surface area is 129 Å². The van der Waals surface area contributed by atoms with E-state index in [1.54, 1.807) is 6.20 Å². The van der Waals surface area contributed by atoms with Gasteiger partial charge in [-0.1, -0.05) is 0 Å². The van der Waals surface area contributed by atoms with Crippen LogP contribution < -0.4 is 0 Å². The molecule has 2 atom stereocenters. The van der Waals surface area contributed by atoms with Crippen molar-refractivity contribution < 1.29 is 5.11 Å². The van der Waals surface area contributed by atoms with E-state index in [0.29, 0.717) is 0 Å². The van der Waals surface area contributed by atoms with Crippen LogP contribution in [0.4, 0.5) is 0 Å². The summed E-state index contributed by atoms with van der Waals surface area (Å²) in [5, 5.41) is 15.3. The summed E-state index contributed by atoms with van der Waals surface area (Å²) >= 11 is 3.53. The molecule has 2 heterocycles. The van der Waals surface area contributed by atoms with Crippen molar-refractivity contribution in [1.82, 2.24) is 19.6 Å². The van der Waals surface area contributed by atoms with E-state index in [1.807, 2.05) is 4.68 Å². The van der Waals surface area contributed by atoms with Crippen molar-refractivity contribution >= 4 is 15.9 Å². The van der Waals surface area contributed by atoms with Gasteiger partial charge in [0.2, 0.25) is 0 Å². The minimum Gasteiger partial charge on any atom is -0.385 e. The molecule has 0 saturated carbocycles. The van der Waals surface area contributed by atoms with Gasteiger partial charge in [0, 0.05) is 12.6 Å². The molecule has 5 nitrogen and oxygen atoms in total. The van der Waals surface area contributed by atoms with Gasteiger partial charge in [0.05, 0.1) is 22.4 Å². The molecule has 114 valence electrons. The Balaban J connectivity index is 2.29. The number of aromatic nitrogens is 2. The SMILES string of the molecule is CC(C)n1ncc(Br)c1C(O)C1CN(C)CCCN1C. The molecule has 1 aromatic heterocycles. The number of nitrogens with zero attached hydrogens (tertiary/aromatic N) is 4. The standard InChI is InChI=1S/C14H25BrN4O/c1-10(2)19-13(11(15)8-16-19)14(20)12-9-17(3)6-5-7-18(12)4/h8,10,12,14,20H,5-7,9H2,1-4H3. The summed E-state index contributed by atoms with van der Waals surface area (Å²) in [7, 11) is 4.21. The zero-order valence-electron chi connectivity index (χ0n) is 12.8. The highest BCUT2D eigenvalue weighted by Crippen LogP contribution is 2.30. The third kappa shape index (κ3) is 3.24. The van der Waals surface area contributed by atoms with Crippen molar-refractivity contribution in [3.8, 4) is 0 Å². The van der Waals surface area contributed by atoms with Crippen LogP contribution >= 0.6 is 15.9 Å². The summed E-state index contributed by atoms with van der Waals surface area (Å²) in [4.78, 5) is 4.56. The lowest BCUT2D eigenvalue weighted by atomic mass is 10.1. The molecular formula is C14H25BrN4O. The van der Waals surface area contributed by atoms with Crippen LogP contribution in [0.1, 0.15) is 38.1 Å². The van der Waals surface area contributed by atoms with Gasteiger partial charge in [0.1, 0.15) is 6.10 Å². The normalized spacial score (nSPS) is 24.1. The predicted octanol–water partition coefficient (Wildman–Crippen LogP) is 1.90. The van der Waals surface area contributed by atoms with Crippen LogP contribution in [-0.2, 0) is 0 Å². The van der Waals surface area contributed by atoms with Gasteiger partial charge in [0.15, 0.2) is 0 Å². The quantitative estimate of drug-likeness (QED) is 0.909. The molecule has 1 aliphatic rings. The van der Waals surface area contributed by atoms with Gasteiger partial charge in [-0.2, -0.15) is 5.10 Å². The van der Waals surface area contributed by atoms with E-state index >= 15 is 0 Å². The van der Waals surface area contributed by atoms with E-state index in [1.165, 1.54) is 0 Å². The molecule has 1 saturated heterocycles. The second-order valence-corrected chi connectivity index (χ2v) is 6.88. The van der Waals surface area contributed by atoms with Crippen molar-refractivity contribution in [3.05, 3.63) is 16.4 Å². The van der Waals surface area contributed by atoms with Crippen LogP contribution in [0.15, 0.2) is 10.7 Å². The molecule has 6 heteroatoms. The number of aliphatic hydroxyl groups excluding tert-OH is 1. The number of likely N-dealkylation sites (N-methyl/N-ethyl adjacent to an activating group) is 2. The van der Waals surface area contributed by atoms with E-state index in [9.17, 15) is 5.11 Å². The van der Waals surface area contributed by atoms with Crippen molar-refractivity contribution in [2.24, 2.45) is 0 Å². The maximum atomic E-state index is 10.9. The van der Waals surface area contributed by atoms with Crippen LogP contribution in [0.3, 0.4) is 0 Å². The van der Waals surface area contributed by atoms with Gasteiger partial charge in [-0.15, -0.1) is 0 Å². The highest BCUT2D eigenvalue weighted by atomic mass is 79.9. The minimum atomic E-state index is -0.542. The second kappa shape index (κ2) is 6.56. The fourth-order valence-corrected chi connectivity index (χ4v) is 3.38. The molecule has 0 radical (unpaired) electrons. The smallest absolute Gasteiger partial charge is 0.113 e. The first kappa shape index (κ1) is 15.9. The van der Waals surface area contributed by atoms with E-state index in [0.717, 1.165) is 36.2 Å². The molecule has 0 amide bonds. The lowest BCUT2D eigenvalue weighted by Gasteiger charge is -2.32. The first-order valence-corrected chi connectivity index (χ1v) is 8.01. The predicted molar refractivity (Wildman–Crippen MR) is 83.8 cm³/mol. The fraction of sp³-hybridized carbons (Fsp3) is 0.786. The maximum absolute atomic E-state index is 10.9. The Morgan fingerprint density at radius 2 is 2.05 bits per heavy atom. The van der Waals surface area contributed by atoms with Gasteiger partial charge >= 0.3 is 0 Å². The van der Waals surface area contributed by atoms with E-state index in [2.05, 4.69) is 58.8 Å². The summed E-state index contributed by atoms with van der Waals surface area (Å²) in [5.74, 6) is 0. The van der Waals surface area contributed by atoms with Crippen LogP contribution in [0, 0.1) is 0 Å². The van der Waals surface area contributed by atoms with E-state index in [4.69, 9.17) is 0 Å². The molecule has 20 heavy (non-hydrogen) atoms. The second-order valence-electron chi connectivity index (χ2n) is 6.02. The van der Waals surface area contributed by atoms with Crippen molar-refractivity contribution in [2.75, 3.05) is 33.7 Å². The highest BCUT2D eigenvalue weighted by molar-refractivity contribution is 9.10. The van der Waals surface area contributed by atoms with Gasteiger partial charge < -0.3 is 10.0 Å².